The fourth-order valence-corrected chi connectivity index (χ4v) is 3.66. The molecule has 2 unspecified atom stereocenters. The highest BCUT2D eigenvalue weighted by Gasteiger charge is 2.31. The summed E-state index contributed by atoms with van der Waals surface area (Å²) in [5, 5.41) is 3.68. The van der Waals surface area contributed by atoms with Crippen molar-refractivity contribution in [1.29, 1.82) is 0 Å². The molecule has 20 heavy (non-hydrogen) atoms. The molecule has 0 amide bonds. The van der Waals surface area contributed by atoms with Gasteiger partial charge in [-0.05, 0) is 44.8 Å². The van der Waals surface area contributed by atoms with Crippen molar-refractivity contribution in [2.75, 3.05) is 20.2 Å². The predicted octanol–water partition coefficient (Wildman–Crippen LogP) is 2.20. The smallest absolute Gasteiger partial charge is 0.217 e. The Labute approximate surface area is 121 Å². The van der Waals surface area contributed by atoms with Crippen LogP contribution in [0.25, 0.3) is 0 Å². The average molecular weight is 275 g/mol. The lowest BCUT2D eigenvalue weighted by Crippen LogP contribution is -2.49. The molecule has 0 aromatic carbocycles. The molecule has 4 nitrogen and oxygen atoms in total. The summed E-state index contributed by atoms with van der Waals surface area (Å²) in [4.78, 5) is 6.95. The van der Waals surface area contributed by atoms with Gasteiger partial charge in [0.25, 0.3) is 0 Å². The van der Waals surface area contributed by atoms with E-state index >= 15 is 0 Å². The number of rotatable bonds is 4. The van der Waals surface area contributed by atoms with Crippen molar-refractivity contribution in [3.63, 3.8) is 0 Å². The zero-order chi connectivity index (χ0) is 13.8. The maximum absolute atomic E-state index is 5.39. The van der Waals surface area contributed by atoms with Gasteiger partial charge in [0.05, 0.1) is 7.11 Å². The Hall–Kier alpha value is -1.13. The number of hydrogen-bond donors (Lipinski definition) is 1. The molecular weight excluding hydrogens is 250 g/mol. The Morgan fingerprint density at radius 3 is 3.10 bits per heavy atom. The number of methoxy groups -OCH3 is 1. The second-order valence-electron chi connectivity index (χ2n) is 5.91. The van der Waals surface area contributed by atoms with E-state index in [2.05, 4.69) is 21.3 Å². The number of hydrogen-bond acceptors (Lipinski definition) is 4. The average Bonchev–Trinajstić information content (AvgIpc) is 3.02. The summed E-state index contributed by atoms with van der Waals surface area (Å²) in [5.74, 6) is 0.774. The Kier molecular flexibility index (Phi) is 4.53. The molecule has 2 aliphatic heterocycles. The van der Waals surface area contributed by atoms with E-state index in [1.807, 2.05) is 6.07 Å². The molecule has 2 atom stereocenters. The molecule has 0 saturated carbocycles. The van der Waals surface area contributed by atoms with E-state index in [0.29, 0.717) is 12.1 Å². The molecule has 1 aromatic heterocycles. The topological polar surface area (TPSA) is 37.4 Å². The van der Waals surface area contributed by atoms with Crippen molar-refractivity contribution >= 4 is 0 Å². The van der Waals surface area contributed by atoms with Crippen LogP contribution in [-0.4, -0.2) is 42.2 Å². The van der Waals surface area contributed by atoms with Crippen LogP contribution < -0.4 is 10.1 Å². The second kappa shape index (κ2) is 6.55. The molecule has 2 saturated heterocycles. The number of likely N-dealkylation sites (tertiary alicyclic amines) is 1. The standard InChI is InChI=1S/C16H25N3O/c1-20-16-13(6-4-10-18-16)12-19-11-3-2-8-15(19)14-7-5-9-17-14/h4,6,10,14-15,17H,2-3,5,7-9,11-12H2,1H3. The fraction of sp³-hybridized carbons (Fsp3) is 0.688. The zero-order valence-electron chi connectivity index (χ0n) is 12.3. The van der Waals surface area contributed by atoms with Gasteiger partial charge in [-0.15, -0.1) is 0 Å². The van der Waals surface area contributed by atoms with Crippen LogP contribution in [0.4, 0.5) is 0 Å². The van der Waals surface area contributed by atoms with Crippen molar-refractivity contribution < 1.29 is 4.74 Å². The number of nitrogens with one attached hydrogen (secondary N) is 1. The summed E-state index contributed by atoms with van der Waals surface area (Å²) in [7, 11) is 1.71. The van der Waals surface area contributed by atoms with Gasteiger partial charge in [0.1, 0.15) is 0 Å². The first-order valence-electron chi connectivity index (χ1n) is 7.84. The predicted molar refractivity (Wildman–Crippen MR) is 79.9 cm³/mol. The van der Waals surface area contributed by atoms with Crippen molar-refractivity contribution in [3.8, 4) is 5.88 Å². The van der Waals surface area contributed by atoms with Gasteiger partial charge in [0.15, 0.2) is 0 Å². The first-order chi connectivity index (χ1) is 9.88. The highest BCUT2D eigenvalue weighted by molar-refractivity contribution is 5.25. The number of aromatic nitrogens is 1. The molecule has 0 spiro atoms. The maximum atomic E-state index is 5.39. The third-order valence-corrected chi connectivity index (χ3v) is 4.64. The molecule has 4 heteroatoms. The first-order valence-corrected chi connectivity index (χ1v) is 7.84. The van der Waals surface area contributed by atoms with E-state index in [1.54, 1.807) is 13.3 Å². The summed E-state index contributed by atoms with van der Waals surface area (Å²) in [6.07, 6.45) is 8.45. The fourth-order valence-electron chi connectivity index (χ4n) is 3.66. The van der Waals surface area contributed by atoms with Crippen molar-refractivity contribution in [1.82, 2.24) is 15.2 Å². The van der Waals surface area contributed by atoms with E-state index in [1.165, 1.54) is 50.8 Å². The van der Waals surface area contributed by atoms with E-state index in [4.69, 9.17) is 4.74 Å². The summed E-state index contributed by atoms with van der Waals surface area (Å²) in [5.41, 5.74) is 1.21. The summed E-state index contributed by atoms with van der Waals surface area (Å²) >= 11 is 0. The third-order valence-electron chi connectivity index (χ3n) is 4.64. The second-order valence-corrected chi connectivity index (χ2v) is 5.91. The molecular formula is C16H25N3O. The van der Waals surface area contributed by atoms with E-state index in [0.717, 1.165) is 12.4 Å². The van der Waals surface area contributed by atoms with Crippen LogP contribution in [0.2, 0.25) is 0 Å². The number of ether oxygens (including phenoxy) is 1. The monoisotopic (exact) mass is 275 g/mol. The van der Waals surface area contributed by atoms with Crippen molar-refractivity contribution in [3.05, 3.63) is 23.9 Å². The van der Waals surface area contributed by atoms with Crippen molar-refractivity contribution in [2.45, 2.75) is 50.7 Å². The summed E-state index contributed by atoms with van der Waals surface area (Å²) in [6.45, 7) is 3.34. The van der Waals surface area contributed by atoms with Gasteiger partial charge in [-0.25, -0.2) is 4.98 Å². The van der Waals surface area contributed by atoms with Gasteiger partial charge in [0.2, 0.25) is 5.88 Å². The lowest BCUT2D eigenvalue weighted by atomic mass is 9.94. The molecule has 3 heterocycles. The van der Waals surface area contributed by atoms with Crippen LogP contribution >= 0.6 is 0 Å². The molecule has 3 rings (SSSR count). The van der Waals surface area contributed by atoms with Crippen LogP contribution in [0.1, 0.15) is 37.7 Å². The lowest BCUT2D eigenvalue weighted by molar-refractivity contribution is 0.111. The number of pyridine rings is 1. The Morgan fingerprint density at radius 2 is 2.30 bits per heavy atom. The molecule has 0 bridgehead atoms. The number of piperidine rings is 1. The Bertz CT molecular complexity index is 431. The normalized spacial score (nSPS) is 27.6. The minimum absolute atomic E-state index is 0.677. The van der Waals surface area contributed by atoms with Gasteiger partial charge in [-0.3, -0.25) is 4.90 Å². The highest BCUT2D eigenvalue weighted by atomic mass is 16.5. The van der Waals surface area contributed by atoms with Crippen molar-refractivity contribution in [2.24, 2.45) is 0 Å². The SMILES string of the molecule is COc1ncccc1CN1CCCCC1C1CCCN1. The van der Waals surface area contributed by atoms with Gasteiger partial charge in [0, 0.05) is 30.4 Å². The molecule has 0 aliphatic carbocycles. The quantitative estimate of drug-likeness (QED) is 0.914. The van der Waals surface area contributed by atoms with Crippen LogP contribution in [0.5, 0.6) is 5.88 Å². The van der Waals surface area contributed by atoms with Crippen LogP contribution in [0.3, 0.4) is 0 Å². The van der Waals surface area contributed by atoms with E-state index in [9.17, 15) is 0 Å². The molecule has 1 N–H and O–H groups in total. The molecule has 2 aliphatic rings. The maximum Gasteiger partial charge on any atom is 0.217 e. The molecule has 1 aromatic rings. The summed E-state index contributed by atoms with van der Waals surface area (Å²) < 4.78 is 5.39. The number of nitrogens with zero attached hydrogens (tertiary/aromatic N) is 2. The van der Waals surface area contributed by atoms with Gasteiger partial charge in [-0.2, -0.15) is 0 Å². The first kappa shape index (κ1) is 13.8. The van der Waals surface area contributed by atoms with Gasteiger partial charge < -0.3 is 10.1 Å². The van der Waals surface area contributed by atoms with Gasteiger partial charge >= 0.3 is 0 Å². The minimum atomic E-state index is 0.677. The van der Waals surface area contributed by atoms with Crippen LogP contribution in [0, 0.1) is 0 Å². The molecule has 0 radical (unpaired) electrons. The highest BCUT2D eigenvalue weighted by Crippen LogP contribution is 2.27. The Morgan fingerprint density at radius 1 is 1.35 bits per heavy atom. The van der Waals surface area contributed by atoms with E-state index in [-0.39, 0.29) is 0 Å². The summed E-state index contributed by atoms with van der Waals surface area (Å²) in [6, 6.07) is 5.50. The largest absolute Gasteiger partial charge is 0.481 e. The Balaban J connectivity index is 1.73. The van der Waals surface area contributed by atoms with Crippen LogP contribution in [0.15, 0.2) is 18.3 Å². The molecule has 110 valence electrons. The van der Waals surface area contributed by atoms with Crippen LogP contribution in [-0.2, 0) is 6.54 Å². The van der Waals surface area contributed by atoms with E-state index < -0.39 is 0 Å². The zero-order valence-corrected chi connectivity index (χ0v) is 12.3. The third kappa shape index (κ3) is 2.96. The molecule has 2 fully saturated rings. The minimum Gasteiger partial charge on any atom is -0.481 e. The van der Waals surface area contributed by atoms with Gasteiger partial charge in [-0.1, -0.05) is 12.5 Å². The lowest BCUT2D eigenvalue weighted by Gasteiger charge is -2.39.